The Bertz CT molecular complexity index is 712. The highest BCUT2D eigenvalue weighted by atomic mass is 16.5. The van der Waals surface area contributed by atoms with E-state index in [0.29, 0.717) is 31.9 Å². The maximum absolute atomic E-state index is 12.6. The van der Waals surface area contributed by atoms with Crippen molar-refractivity contribution in [3.63, 3.8) is 0 Å². The number of nitrogens with zero attached hydrogens (tertiary/aromatic N) is 2. The lowest BCUT2D eigenvalue weighted by atomic mass is 10.1. The first-order valence-corrected chi connectivity index (χ1v) is 7.06. The molecule has 3 rings (SSSR count). The molecule has 0 bridgehead atoms. The van der Waals surface area contributed by atoms with E-state index >= 15 is 0 Å². The average molecular weight is 286 g/mol. The van der Waals surface area contributed by atoms with Crippen LogP contribution in [0.1, 0.15) is 16.1 Å². The zero-order valence-electron chi connectivity index (χ0n) is 12.3. The predicted molar refractivity (Wildman–Crippen MR) is 79.4 cm³/mol. The number of morpholine rings is 1. The molecule has 0 aliphatic carbocycles. The van der Waals surface area contributed by atoms with Crippen molar-refractivity contribution in [2.24, 2.45) is 7.05 Å². The molecule has 5 nitrogen and oxygen atoms in total. The minimum Gasteiger partial charge on any atom is -0.378 e. The highest BCUT2D eigenvalue weighted by Gasteiger charge is 2.28. The first-order valence-electron chi connectivity index (χ1n) is 7.06. The molecular weight excluding hydrogens is 268 g/mol. The number of amides is 1. The van der Waals surface area contributed by atoms with Crippen LogP contribution in [0.3, 0.4) is 0 Å². The summed E-state index contributed by atoms with van der Waals surface area (Å²) in [7, 11) is 1.91. The molecule has 1 aromatic heterocycles. The first kappa shape index (κ1) is 13.8. The third-order valence-electron chi connectivity index (χ3n) is 4.12. The van der Waals surface area contributed by atoms with Crippen molar-refractivity contribution in [2.75, 3.05) is 26.3 Å². The van der Waals surface area contributed by atoms with Crippen LogP contribution in [0.4, 0.5) is 0 Å². The Hall–Kier alpha value is -2.14. The van der Waals surface area contributed by atoms with Crippen LogP contribution in [-0.2, 0) is 16.6 Å². The van der Waals surface area contributed by atoms with E-state index in [-0.39, 0.29) is 0 Å². The number of para-hydroxylation sites is 1. The number of hydrogen-bond acceptors (Lipinski definition) is 3. The number of aromatic nitrogens is 1. The minimum atomic E-state index is -0.433. The fourth-order valence-electron chi connectivity index (χ4n) is 2.82. The summed E-state index contributed by atoms with van der Waals surface area (Å²) in [5, 5.41) is 0.837. The Morgan fingerprint density at radius 2 is 1.81 bits per heavy atom. The Morgan fingerprint density at radius 1 is 1.14 bits per heavy atom. The molecule has 21 heavy (non-hydrogen) atoms. The number of ketones is 1. The van der Waals surface area contributed by atoms with Gasteiger partial charge in [0.25, 0.3) is 11.7 Å². The van der Waals surface area contributed by atoms with E-state index in [0.717, 1.165) is 16.6 Å². The Morgan fingerprint density at radius 3 is 2.52 bits per heavy atom. The van der Waals surface area contributed by atoms with E-state index < -0.39 is 11.7 Å². The second-order valence-corrected chi connectivity index (χ2v) is 5.27. The number of rotatable bonds is 2. The van der Waals surface area contributed by atoms with Gasteiger partial charge in [-0.15, -0.1) is 0 Å². The molecule has 0 saturated carbocycles. The maximum atomic E-state index is 12.6. The molecule has 0 radical (unpaired) electrons. The lowest BCUT2D eigenvalue weighted by molar-refractivity contribution is -0.130. The topological polar surface area (TPSA) is 51.5 Å². The number of fused-ring (bicyclic) bond motifs is 1. The molecule has 0 spiro atoms. The van der Waals surface area contributed by atoms with Crippen molar-refractivity contribution in [1.29, 1.82) is 0 Å². The summed E-state index contributed by atoms with van der Waals surface area (Å²) in [4.78, 5) is 26.6. The number of carbonyl (C=O) groups excluding carboxylic acids is 2. The van der Waals surface area contributed by atoms with Crippen molar-refractivity contribution in [3.8, 4) is 0 Å². The number of Topliss-reactive ketones (excluding diaryl/α,β-unsaturated/α-hetero) is 1. The van der Waals surface area contributed by atoms with Gasteiger partial charge in [-0.1, -0.05) is 18.2 Å². The smallest absolute Gasteiger partial charge is 0.295 e. The molecule has 1 aliphatic rings. The Balaban J connectivity index is 2.01. The molecule has 1 aromatic carbocycles. The number of benzene rings is 1. The number of carbonyl (C=O) groups is 2. The molecular formula is C16H18N2O3. The SMILES string of the molecule is Cc1c(C(=O)C(=O)N2CCOCC2)c2ccccc2n1C. The van der Waals surface area contributed by atoms with Crippen LogP contribution in [0.2, 0.25) is 0 Å². The summed E-state index contributed by atoms with van der Waals surface area (Å²) in [6, 6.07) is 7.66. The van der Waals surface area contributed by atoms with Crippen LogP contribution < -0.4 is 0 Å². The average Bonchev–Trinajstić information content (AvgIpc) is 2.79. The second kappa shape index (κ2) is 5.33. The van der Waals surface area contributed by atoms with Gasteiger partial charge in [0.2, 0.25) is 0 Å². The molecule has 1 aliphatic heterocycles. The number of ether oxygens (including phenoxy) is 1. The molecule has 5 heteroatoms. The van der Waals surface area contributed by atoms with Crippen LogP contribution >= 0.6 is 0 Å². The summed E-state index contributed by atoms with van der Waals surface area (Å²) < 4.78 is 7.18. The van der Waals surface area contributed by atoms with Crippen LogP contribution in [0.5, 0.6) is 0 Å². The van der Waals surface area contributed by atoms with Crippen LogP contribution in [0.15, 0.2) is 24.3 Å². The minimum absolute atomic E-state index is 0.425. The monoisotopic (exact) mass is 286 g/mol. The molecule has 0 N–H and O–H groups in total. The van der Waals surface area contributed by atoms with Gasteiger partial charge >= 0.3 is 0 Å². The zero-order valence-corrected chi connectivity index (χ0v) is 12.3. The molecule has 1 fully saturated rings. The van der Waals surface area contributed by atoms with Gasteiger partial charge in [0.1, 0.15) is 0 Å². The van der Waals surface area contributed by atoms with Gasteiger partial charge in [-0.2, -0.15) is 0 Å². The maximum Gasteiger partial charge on any atom is 0.295 e. The van der Waals surface area contributed by atoms with Gasteiger partial charge < -0.3 is 14.2 Å². The first-order chi connectivity index (χ1) is 10.1. The summed E-state index contributed by atoms with van der Waals surface area (Å²) in [6.45, 7) is 3.82. The standard InChI is InChI=1S/C16H18N2O3/c1-11-14(12-5-3-4-6-13(12)17(11)2)15(19)16(20)18-7-9-21-10-8-18/h3-6H,7-10H2,1-2H3. The largest absolute Gasteiger partial charge is 0.378 e. The lowest BCUT2D eigenvalue weighted by Crippen LogP contribution is -2.44. The van der Waals surface area contributed by atoms with Crippen molar-refractivity contribution in [1.82, 2.24) is 9.47 Å². The fraction of sp³-hybridized carbons (Fsp3) is 0.375. The quantitative estimate of drug-likeness (QED) is 0.621. The van der Waals surface area contributed by atoms with E-state index in [9.17, 15) is 9.59 Å². The van der Waals surface area contributed by atoms with Gasteiger partial charge in [-0.25, -0.2) is 0 Å². The highest BCUT2D eigenvalue weighted by Crippen LogP contribution is 2.25. The molecule has 0 atom stereocenters. The van der Waals surface area contributed by atoms with E-state index in [1.807, 2.05) is 42.8 Å². The van der Waals surface area contributed by atoms with Gasteiger partial charge in [0, 0.05) is 36.7 Å². The van der Waals surface area contributed by atoms with Gasteiger partial charge in [-0.3, -0.25) is 9.59 Å². The molecule has 2 heterocycles. The summed E-state index contributed by atoms with van der Waals surface area (Å²) in [5.41, 5.74) is 2.31. The molecule has 110 valence electrons. The van der Waals surface area contributed by atoms with E-state index in [4.69, 9.17) is 4.74 Å². The highest BCUT2D eigenvalue weighted by molar-refractivity contribution is 6.45. The van der Waals surface area contributed by atoms with Gasteiger partial charge in [0.05, 0.1) is 18.8 Å². The van der Waals surface area contributed by atoms with E-state index in [1.165, 1.54) is 0 Å². The summed E-state index contributed by atoms with van der Waals surface area (Å²) >= 11 is 0. The molecule has 0 unspecified atom stereocenters. The van der Waals surface area contributed by atoms with Crippen molar-refractivity contribution in [2.45, 2.75) is 6.92 Å². The van der Waals surface area contributed by atoms with E-state index in [1.54, 1.807) is 4.90 Å². The molecule has 1 saturated heterocycles. The van der Waals surface area contributed by atoms with Crippen LogP contribution in [0, 0.1) is 6.92 Å². The molecule has 1 amide bonds. The van der Waals surface area contributed by atoms with Gasteiger partial charge in [-0.05, 0) is 13.0 Å². The normalized spacial score (nSPS) is 15.4. The Kier molecular flexibility index (Phi) is 3.51. The third kappa shape index (κ3) is 2.23. The molecule has 2 aromatic rings. The van der Waals surface area contributed by atoms with E-state index in [2.05, 4.69) is 0 Å². The number of aryl methyl sites for hydroxylation is 1. The van der Waals surface area contributed by atoms with Crippen molar-refractivity contribution < 1.29 is 14.3 Å². The fourth-order valence-corrected chi connectivity index (χ4v) is 2.82. The second-order valence-electron chi connectivity index (χ2n) is 5.27. The predicted octanol–water partition coefficient (Wildman–Crippen LogP) is 1.53. The van der Waals surface area contributed by atoms with Crippen molar-refractivity contribution in [3.05, 3.63) is 35.5 Å². The van der Waals surface area contributed by atoms with Gasteiger partial charge in [0.15, 0.2) is 0 Å². The summed E-state index contributed by atoms with van der Waals surface area (Å²) in [5.74, 6) is -0.857. The van der Waals surface area contributed by atoms with Crippen molar-refractivity contribution >= 4 is 22.6 Å². The zero-order chi connectivity index (χ0) is 15.0. The summed E-state index contributed by atoms with van der Waals surface area (Å²) in [6.07, 6.45) is 0. The third-order valence-corrected chi connectivity index (χ3v) is 4.12. The van der Waals surface area contributed by atoms with Crippen LogP contribution in [-0.4, -0.2) is 47.5 Å². The van der Waals surface area contributed by atoms with Crippen LogP contribution in [0.25, 0.3) is 10.9 Å². The number of hydrogen-bond donors (Lipinski definition) is 0. The lowest BCUT2D eigenvalue weighted by Gasteiger charge is -2.26. The Labute approximate surface area is 123 Å².